The van der Waals surface area contributed by atoms with Gasteiger partial charge >= 0.3 is 0 Å². The van der Waals surface area contributed by atoms with E-state index in [2.05, 4.69) is 0 Å². The molecule has 0 heterocycles. The molecule has 0 fully saturated rings. The number of nitriles is 1. The predicted molar refractivity (Wildman–Crippen MR) is 62.8 cm³/mol. The van der Waals surface area contributed by atoms with Gasteiger partial charge in [-0.3, -0.25) is 9.69 Å². The van der Waals surface area contributed by atoms with E-state index in [4.69, 9.17) is 5.26 Å². The second-order valence-corrected chi connectivity index (χ2v) is 4.10. The molecule has 0 saturated heterocycles. The number of halogens is 2. The molecule has 0 aromatic heterocycles. The first kappa shape index (κ1) is 14.3. The number of hydrogen-bond donors (Lipinski definition) is 0. The summed E-state index contributed by atoms with van der Waals surface area (Å²) in [5.74, 6) is -1.35. The fourth-order valence-electron chi connectivity index (χ4n) is 1.56. The van der Waals surface area contributed by atoms with Gasteiger partial charge < -0.3 is 0 Å². The number of nitrogens with zero attached hydrogens (tertiary/aromatic N) is 2. The van der Waals surface area contributed by atoms with Crippen LogP contribution in [0.25, 0.3) is 0 Å². The first-order valence-electron chi connectivity index (χ1n) is 5.54. The summed E-state index contributed by atoms with van der Waals surface area (Å²) in [6, 6.07) is 5.23. The Hall–Kier alpha value is -1.80. The molecule has 1 aromatic rings. The van der Waals surface area contributed by atoms with Gasteiger partial charge in [0.15, 0.2) is 5.78 Å². The summed E-state index contributed by atoms with van der Waals surface area (Å²) in [6.07, 6.45) is 0.275. The minimum Gasteiger partial charge on any atom is -0.299 e. The van der Waals surface area contributed by atoms with Crippen LogP contribution in [0.15, 0.2) is 18.2 Å². The zero-order valence-electron chi connectivity index (χ0n) is 10.1. The molecule has 0 amide bonds. The molecule has 1 aromatic carbocycles. The molecule has 18 heavy (non-hydrogen) atoms. The average Bonchev–Trinajstić information content (AvgIpc) is 2.28. The van der Waals surface area contributed by atoms with Gasteiger partial charge in [0.1, 0.15) is 11.6 Å². The van der Waals surface area contributed by atoms with Crippen molar-refractivity contribution in [2.45, 2.75) is 12.8 Å². The lowest BCUT2D eigenvalue weighted by Crippen LogP contribution is -2.27. The number of Topliss-reactive ketones (excluding diaryl/α,β-unsaturated/α-hetero) is 1. The number of carbonyl (C=O) groups excluding carboxylic acids is 1. The number of likely N-dealkylation sites (N-methyl/N-ethyl adjacent to an activating group) is 1. The second-order valence-electron chi connectivity index (χ2n) is 4.10. The third-order valence-electron chi connectivity index (χ3n) is 2.50. The molecule has 0 unspecified atom stereocenters. The van der Waals surface area contributed by atoms with Crippen molar-refractivity contribution in [2.75, 3.05) is 20.1 Å². The van der Waals surface area contributed by atoms with E-state index in [1.54, 1.807) is 18.0 Å². The molecule has 0 N–H and O–H groups in total. The van der Waals surface area contributed by atoms with Crippen LogP contribution in [-0.2, 0) is 11.2 Å². The zero-order chi connectivity index (χ0) is 13.5. The molecule has 0 aliphatic rings. The van der Waals surface area contributed by atoms with Crippen LogP contribution >= 0.6 is 0 Å². The molecular formula is C13H14F2N2O. The van der Waals surface area contributed by atoms with Gasteiger partial charge in [0, 0.05) is 12.6 Å². The number of hydrogen-bond acceptors (Lipinski definition) is 3. The first-order valence-corrected chi connectivity index (χ1v) is 5.54. The standard InChI is InChI=1S/C13H14F2N2O/c1-17(9-12(18)4-6-16)7-5-10-2-3-11(14)8-13(10)15/h2-3,8H,4-5,7,9H2,1H3. The maximum Gasteiger partial charge on any atom is 0.160 e. The average molecular weight is 252 g/mol. The van der Waals surface area contributed by atoms with Crippen molar-refractivity contribution in [3.05, 3.63) is 35.4 Å². The Morgan fingerprint density at radius 1 is 1.44 bits per heavy atom. The van der Waals surface area contributed by atoms with Gasteiger partial charge in [-0.05, 0) is 25.1 Å². The molecule has 1 rings (SSSR count). The molecule has 3 nitrogen and oxygen atoms in total. The molecule has 0 atom stereocenters. The van der Waals surface area contributed by atoms with Gasteiger partial charge in [-0.2, -0.15) is 5.26 Å². The number of ketones is 1. The van der Waals surface area contributed by atoms with Crippen molar-refractivity contribution < 1.29 is 13.6 Å². The van der Waals surface area contributed by atoms with E-state index < -0.39 is 11.6 Å². The van der Waals surface area contributed by atoms with E-state index in [1.165, 1.54) is 12.1 Å². The van der Waals surface area contributed by atoms with E-state index in [9.17, 15) is 13.6 Å². The minimum absolute atomic E-state index is 0.116. The lowest BCUT2D eigenvalue weighted by Gasteiger charge is -2.15. The Morgan fingerprint density at radius 3 is 2.78 bits per heavy atom. The molecule has 96 valence electrons. The highest BCUT2D eigenvalue weighted by molar-refractivity contribution is 5.82. The van der Waals surface area contributed by atoms with Crippen LogP contribution in [0, 0.1) is 23.0 Å². The highest BCUT2D eigenvalue weighted by Gasteiger charge is 2.08. The quantitative estimate of drug-likeness (QED) is 0.777. The third-order valence-corrected chi connectivity index (χ3v) is 2.50. The number of rotatable bonds is 6. The number of benzene rings is 1. The van der Waals surface area contributed by atoms with E-state index in [0.29, 0.717) is 18.5 Å². The summed E-state index contributed by atoms with van der Waals surface area (Å²) in [6.45, 7) is 0.635. The molecule has 0 saturated carbocycles. The summed E-state index contributed by atoms with van der Waals surface area (Å²) in [7, 11) is 1.72. The van der Waals surface area contributed by atoms with Crippen molar-refractivity contribution >= 4 is 5.78 Å². The summed E-state index contributed by atoms with van der Waals surface area (Å²) in [4.78, 5) is 12.9. The molecule has 0 radical (unpaired) electrons. The lowest BCUT2D eigenvalue weighted by atomic mass is 10.1. The molecular weight excluding hydrogens is 238 g/mol. The maximum absolute atomic E-state index is 13.3. The van der Waals surface area contributed by atoms with E-state index in [1.807, 2.05) is 0 Å². The van der Waals surface area contributed by atoms with Crippen LogP contribution in [-0.4, -0.2) is 30.8 Å². The maximum atomic E-state index is 13.3. The predicted octanol–water partition coefficient (Wildman–Crippen LogP) is 1.92. The highest BCUT2D eigenvalue weighted by atomic mass is 19.1. The second kappa shape index (κ2) is 6.82. The largest absolute Gasteiger partial charge is 0.299 e. The van der Waals surface area contributed by atoms with Crippen LogP contribution in [0.1, 0.15) is 12.0 Å². The summed E-state index contributed by atoms with van der Waals surface area (Å²) in [5.41, 5.74) is 0.413. The molecule has 0 bridgehead atoms. The van der Waals surface area contributed by atoms with Crippen LogP contribution in [0.4, 0.5) is 8.78 Å². The van der Waals surface area contributed by atoms with Crippen molar-refractivity contribution in [2.24, 2.45) is 0 Å². The van der Waals surface area contributed by atoms with E-state index >= 15 is 0 Å². The lowest BCUT2D eigenvalue weighted by molar-refractivity contribution is -0.118. The van der Waals surface area contributed by atoms with Crippen LogP contribution < -0.4 is 0 Å². The Kier molecular flexibility index (Phi) is 5.40. The third kappa shape index (κ3) is 4.60. The first-order chi connectivity index (χ1) is 8.52. The smallest absolute Gasteiger partial charge is 0.160 e. The van der Waals surface area contributed by atoms with Gasteiger partial charge in [-0.15, -0.1) is 0 Å². The molecule has 5 heteroatoms. The summed E-state index contributed by atoms with van der Waals surface area (Å²) >= 11 is 0. The van der Waals surface area contributed by atoms with Crippen molar-refractivity contribution in [3.8, 4) is 6.07 Å². The topological polar surface area (TPSA) is 44.1 Å². The minimum atomic E-state index is -0.603. The summed E-state index contributed by atoms with van der Waals surface area (Å²) in [5, 5.41) is 8.35. The van der Waals surface area contributed by atoms with Crippen molar-refractivity contribution in [3.63, 3.8) is 0 Å². The Bertz CT molecular complexity index is 469. The van der Waals surface area contributed by atoms with Crippen molar-refractivity contribution in [1.82, 2.24) is 4.90 Å². The zero-order valence-corrected chi connectivity index (χ0v) is 10.1. The van der Waals surface area contributed by atoms with Gasteiger partial charge in [0.25, 0.3) is 0 Å². The highest BCUT2D eigenvalue weighted by Crippen LogP contribution is 2.10. The normalized spacial score (nSPS) is 10.4. The molecule has 0 spiro atoms. The molecule has 0 aliphatic heterocycles. The SMILES string of the molecule is CN(CCc1ccc(F)cc1F)CC(=O)CC#N. The monoisotopic (exact) mass is 252 g/mol. The van der Waals surface area contributed by atoms with Crippen LogP contribution in [0.3, 0.4) is 0 Å². The molecule has 0 aliphatic carbocycles. The van der Waals surface area contributed by atoms with Gasteiger partial charge in [-0.25, -0.2) is 8.78 Å². The number of carbonyl (C=O) groups is 1. The van der Waals surface area contributed by atoms with Gasteiger partial charge in [0.05, 0.1) is 19.0 Å². The summed E-state index contributed by atoms with van der Waals surface area (Å²) < 4.78 is 26.0. The van der Waals surface area contributed by atoms with Crippen molar-refractivity contribution in [1.29, 1.82) is 5.26 Å². The van der Waals surface area contributed by atoms with Crippen LogP contribution in [0.2, 0.25) is 0 Å². The fraction of sp³-hybridized carbons (Fsp3) is 0.385. The van der Waals surface area contributed by atoms with Gasteiger partial charge in [-0.1, -0.05) is 6.07 Å². The Morgan fingerprint density at radius 2 is 2.17 bits per heavy atom. The fourth-order valence-corrected chi connectivity index (χ4v) is 1.56. The van der Waals surface area contributed by atoms with Gasteiger partial charge in [0.2, 0.25) is 0 Å². The van der Waals surface area contributed by atoms with Crippen LogP contribution in [0.5, 0.6) is 0 Å². The van der Waals surface area contributed by atoms with E-state index in [-0.39, 0.29) is 18.7 Å². The van der Waals surface area contributed by atoms with E-state index in [0.717, 1.165) is 6.07 Å². The Balaban J connectivity index is 2.45. The Labute approximate surface area is 105 Å².